The van der Waals surface area contributed by atoms with Gasteiger partial charge in [-0.2, -0.15) is 0 Å². The number of piperidine rings is 1. The van der Waals surface area contributed by atoms with Crippen LogP contribution in [0.2, 0.25) is 0 Å². The highest BCUT2D eigenvalue weighted by Gasteiger charge is 2.62. The third-order valence-electron chi connectivity index (χ3n) is 6.50. The van der Waals surface area contributed by atoms with E-state index in [2.05, 4.69) is 11.9 Å². The van der Waals surface area contributed by atoms with Crippen molar-refractivity contribution in [2.24, 2.45) is 0 Å². The summed E-state index contributed by atoms with van der Waals surface area (Å²) in [5.41, 5.74) is 1.73. The summed E-state index contributed by atoms with van der Waals surface area (Å²) in [4.78, 5) is 13.7. The molecule has 1 saturated heterocycles. The summed E-state index contributed by atoms with van der Waals surface area (Å²) >= 11 is 0. The number of rotatable bonds is 1. The minimum atomic E-state index is -0.881. The highest BCUT2D eigenvalue weighted by molar-refractivity contribution is 5.88. The normalized spacial score (nSPS) is 37.3. The van der Waals surface area contributed by atoms with Crippen LogP contribution in [0, 0.1) is 0 Å². The monoisotopic (exact) mass is 301 g/mol. The van der Waals surface area contributed by atoms with Gasteiger partial charge in [0.05, 0.1) is 11.2 Å². The van der Waals surface area contributed by atoms with Gasteiger partial charge in [-0.1, -0.05) is 18.9 Å². The number of carbonyl (C=O) groups is 1. The third-order valence-corrected chi connectivity index (χ3v) is 6.50. The molecule has 2 fully saturated rings. The number of fused-ring (bicyclic) bond motifs is 1. The standard InChI is InChI=1S/C18H23NO3/c1-19-9-8-17-6-2-3-7-18(17,22)15(19)11-12-4-5-13(16(20)21)10-14(12)17/h4-5,10,15,22H,2-3,6-9,11H2,1H3,(H,20,21). The summed E-state index contributed by atoms with van der Waals surface area (Å²) in [6, 6.07) is 5.68. The minimum absolute atomic E-state index is 0.157. The fourth-order valence-electron chi connectivity index (χ4n) is 5.36. The molecule has 0 spiro atoms. The van der Waals surface area contributed by atoms with Gasteiger partial charge in [0.2, 0.25) is 0 Å². The summed E-state index contributed by atoms with van der Waals surface area (Å²) in [6.45, 7) is 0.976. The Bertz CT molecular complexity index is 643. The molecule has 0 radical (unpaired) electrons. The fraction of sp³-hybridized carbons (Fsp3) is 0.611. The quantitative estimate of drug-likeness (QED) is 0.835. The molecule has 1 aromatic carbocycles. The van der Waals surface area contributed by atoms with Crippen molar-refractivity contribution >= 4 is 5.97 Å². The van der Waals surface area contributed by atoms with E-state index < -0.39 is 11.6 Å². The average molecular weight is 301 g/mol. The zero-order valence-corrected chi connectivity index (χ0v) is 13.0. The van der Waals surface area contributed by atoms with Gasteiger partial charge >= 0.3 is 5.97 Å². The average Bonchev–Trinajstić information content (AvgIpc) is 2.50. The Hall–Kier alpha value is -1.39. The first-order valence-electron chi connectivity index (χ1n) is 8.27. The van der Waals surface area contributed by atoms with Crippen LogP contribution in [0.4, 0.5) is 0 Å². The molecule has 3 atom stereocenters. The number of hydrogen-bond donors (Lipinski definition) is 2. The molecule has 0 aromatic heterocycles. The molecule has 118 valence electrons. The van der Waals surface area contributed by atoms with E-state index in [4.69, 9.17) is 0 Å². The first-order chi connectivity index (χ1) is 10.5. The maximum Gasteiger partial charge on any atom is 0.335 e. The number of carboxylic acid groups (broad SMARTS) is 1. The van der Waals surface area contributed by atoms with E-state index in [-0.39, 0.29) is 11.5 Å². The maximum absolute atomic E-state index is 11.6. The summed E-state index contributed by atoms with van der Waals surface area (Å²) in [5.74, 6) is -0.881. The number of aromatic carboxylic acids is 1. The lowest BCUT2D eigenvalue weighted by atomic mass is 9.49. The zero-order chi connectivity index (χ0) is 15.5. The van der Waals surface area contributed by atoms with Crippen LogP contribution in [0.15, 0.2) is 18.2 Å². The number of aliphatic hydroxyl groups is 1. The highest BCUT2D eigenvalue weighted by atomic mass is 16.4. The summed E-state index contributed by atoms with van der Waals surface area (Å²) in [6.07, 6.45) is 5.74. The Morgan fingerprint density at radius 2 is 2.05 bits per heavy atom. The van der Waals surface area contributed by atoms with Gasteiger partial charge in [0.25, 0.3) is 0 Å². The van der Waals surface area contributed by atoms with Crippen LogP contribution >= 0.6 is 0 Å². The lowest BCUT2D eigenvalue weighted by Crippen LogP contribution is -2.71. The number of hydrogen-bond acceptors (Lipinski definition) is 3. The summed E-state index contributed by atoms with van der Waals surface area (Å²) < 4.78 is 0. The molecule has 4 nitrogen and oxygen atoms in total. The van der Waals surface area contributed by atoms with Gasteiger partial charge < -0.3 is 15.1 Å². The second-order valence-corrected chi connectivity index (χ2v) is 7.34. The van der Waals surface area contributed by atoms with Gasteiger partial charge in [-0.15, -0.1) is 0 Å². The molecule has 1 aliphatic heterocycles. The van der Waals surface area contributed by atoms with Crippen LogP contribution in [0.3, 0.4) is 0 Å². The van der Waals surface area contributed by atoms with Crippen LogP contribution in [0.1, 0.15) is 53.6 Å². The van der Waals surface area contributed by atoms with Crippen molar-refractivity contribution in [2.45, 2.75) is 55.6 Å². The molecule has 2 aliphatic carbocycles. The largest absolute Gasteiger partial charge is 0.478 e. The van der Waals surface area contributed by atoms with Crippen LogP contribution in [0.25, 0.3) is 0 Å². The molecule has 1 aromatic rings. The van der Waals surface area contributed by atoms with E-state index in [9.17, 15) is 15.0 Å². The lowest BCUT2D eigenvalue weighted by Gasteiger charge is -2.63. The van der Waals surface area contributed by atoms with E-state index in [0.717, 1.165) is 50.6 Å². The fourth-order valence-corrected chi connectivity index (χ4v) is 5.36. The van der Waals surface area contributed by atoms with E-state index in [1.165, 1.54) is 5.56 Å². The predicted octanol–water partition coefficient (Wildman–Crippen LogP) is 2.19. The molecule has 2 bridgehead atoms. The molecular formula is C18H23NO3. The van der Waals surface area contributed by atoms with Gasteiger partial charge in [-0.05, 0) is 62.5 Å². The molecule has 22 heavy (non-hydrogen) atoms. The van der Waals surface area contributed by atoms with Gasteiger partial charge in [0.1, 0.15) is 0 Å². The molecule has 3 unspecified atom stereocenters. The Morgan fingerprint density at radius 1 is 1.27 bits per heavy atom. The van der Waals surface area contributed by atoms with E-state index in [1.54, 1.807) is 6.07 Å². The number of carboxylic acids is 1. The topological polar surface area (TPSA) is 60.8 Å². The van der Waals surface area contributed by atoms with Crippen molar-refractivity contribution < 1.29 is 15.0 Å². The van der Waals surface area contributed by atoms with E-state index in [0.29, 0.717) is 5.56 Å². The van der Waals surface area contributed by atoms with Crippen molar-refractivity contribution in [1.82, 2.24) is 4.90 Å². The van der Waals surface area contributed by atoms with Crippen molar-refractivity contribution in [1.29, 1.82) is 0 Å². The van der Waals surface area contributed by atoms with Crippen molar-refractivity contribution in [2.75, 3.05) is 13.6 Å². The SMILES string of the molecule is CN1CCC23CCCCC2(O)C1Cc1ccc(C(=O)O)cc13. The highest BCUT2D eigenvalue weighted by Crippen LogP contribution is 2.57. The zero-order valence-electron chi connectivity index (χ0n) is 13.0. The molecule has 1 heterocycles. The minimum Gasteiger partial charge on any atom is -0.478 e. The second kappa shape index (κ2) is 4.56. The Kier molecular flexibility index (Phi) is 2.94. The van der Waals surface area contributed by atoms with Gasteiger partial charge in [-0.3, -0.25) is 0 Å². The van der Waals surface area contributed by atoms with Gasteiger partial charge in [0.15, 0.2) is 0 Å². The van der Waals surface area contributed by atoms with Gasteiger partial charge in [-0.25, -0.2) is 4.79 Å². The number of nitrogens with zero attached hydrogens (tertiary/aromatic N) is 1. The summed E-state index contributed by atoms with van der Waals surface area (Å²) in [5, 5.41) is 21.0. The van der Waals surface area contributed by atoms with Crippen LogP contribution in [0.5, 0.6) is 0 Å². The van der Waals surface area contributed by atoms with Crippen molar-refractivity contribution in [3.05, 3.63) is 34.9 Å². The molecule has 0 amide bonds. The Balaban J connectivity index is 1.94. The molecular weight excluding hydrogens is 278 g/mol. The number of benzene rings is 1. The predicted molar refractivity (Wildman–Crippen MR) is 83.2 cm³/mol. The molecule has 2 N–H and O–H groups in total. The molecule has 1 saturated carbocycles. The third kappa shape index (κ3) is 1.62. The van der Waals surface area contributed by atoms with Crippen molar-refractivity contribution in [3.8, 4) is 0 Å². The summed E-state index contributed by atoms with van der Waals surface area (Å²) in [7, 11) is 2.11. The van der Waals surface area contributed by atoms with E-state index >= 15 is 0 Å². The van der Waals surface area contributed by atoms with Crippen LogP contribution in [-0.4, -0.2) is 46.3 Å². The smallest absolute Gasteiger partial charge is 0.335 e. The molecule has 3 aliphatic rings. The van der Waals surface area contributed by atoms with Crippen LogP contribution < -0.4 is 0 Å². The number of likely N-dealkylation sites (tertiary alicyclic amines) is 1. The number of likely N-dealkylation sites (N-methyl/N-ethyl adjacent to an activating group) is 1. The maximum atomic E-state index is 11.6. The Morgan fingerprint density at radius 3 is 2.82 bits per heavy atom. The first kappa shape index (κ1) is 14.2. The lowest BCUT2D eigenvalue weighted by molar-refractivity contribution is -0.160. The molecule has 4 heteroatoms. The molecule has 4 rings (SSSR count). The van der Waals surface area contributed by atoms with Crippen molar-refractivity contribution in [3.63, 3.8) is 0 Å². The van der Waals surface area contributed by atoms with Gasteiger partial charge in [0, 0.05) is 11.5 Å². The second-order valence-electron chi connectivity index (χ2n) is 7.34. The first-order valence-corrected chi connectivity index (χ1v) is 8.27. The Labute approximate surface area is 130 Å². The van der Waals surface area contributed by atoms with Crippen LogP contribution in [-0.2, 0) is 11.8 Å². The van der Waals surface area contributed by atoms with E-state index in [1.807, 2.05) is 12.1 Å².